The Kier molecular flexibility index (Phi) is 4.10. The third-order valence-corrected chi connectivity index (χ3v) is 3.80. The quantitative estimate of drug-likeness (QED) is 0.708. The maximum Gasteiger partial charge on any atom is 0.141 e. The van der Waals surface area contributed by atoms with Gasteiger partial charge in [-0.25, -0.2) is 0 Å². The zero-order valence-corrected chi connectivity index (χ0v) is 12.4. The van der Waals surface area contributed by atoms with E-state index in [4.69, 9.17) is 0 Å². The number of carbonyl (C=O) groups is 1. The van der Waals surface area contributed by atoms with Crippen molar-refractivity contribution in [2.75, 3.05) is 0 Å². The Morgan fingerprint density at radius 3 is 1.91 bits per heavy atom. The van der Waals surface area contributed by atoms with Gasteiger partial charge in [0.2, 0.25) is 0 Å². The van der Waals surface area contributed by atoms with Gasteiger partial charge >= 0.3 is 0 Å². The lowest BCUT2D eigenvalue weighted by Crippen LogP contribution is -2.10. The Bertz CT molecular complexity index is 749. The van der Waals surface area contributed by atoms with E-state index in [0.717, 1.165) is 22.3 Å². The SMILES string of the molecule is CC(=O)C(c1ccccc1)c1ccc(-c2ccncc2)cc1. The fraction of sp³-hybridized carbons (Fsp3) is 0.100. The minimum absolute atomic E-state index is 0.155. The van der Waals surface area contributed by atoms with Crippen molar-refractivity contribution in [3.05, 3.63) is 90.3 Å². The highest BCUT2D eigenvalue weighted by atomic mass is 16.1. The molecule has 0 aliphatic carbocycles. The molecule has 1 atom stereocenters. The molecule has 1 heterocycles. The lowest BCUT2D eigenvalue weighted by molar-refractivity contribution is -0.117. The van der Waals surface area contributed by atoms with Crippen LogP contribution in [0.15, 0.2) is 79.1 Å². The summed E-state index contributed by atoms with van der Waals surface area (Å²) in [5, 5.41) is 0. The third kappa shape index (κ3) is 2.96. The van der Waals surface area contributed by atoms with Gasteiger partial charge in [0.1, 0.15) is 5.78 Å². The number of Topliss-reactive ketones (excluding diaryl/α,β-unsaturated/α-hetero) is 1. The molecule has 2 aromatic carbocycles. The van der Waals surface area contributed by atoms with Crippen molar-refractivity contribution in [2.45, 2.75) is 12.8 Å². The zero-order chi connectivity index (χ0) is 15.4. The van der Waals surface area contributed by atoms with Crippen LogP contribution in [0.3, 0.4) is 0 Å². The van der Waals surface area contributed by atoms with E-state index in [9.17, 15) is 4.79 Å². The molecule has 0 amide bonds. The average Bonchev–Trinajstić information content (AvgIpc) is 2.57. The molecule has 0 radical (unpaired) electrons. The average molecular weight is 287 g/mol. The summed E-state index contributed by atoms with van der Waals surface area (Å²) in [5.74, 6) is -0.0458. The van der Waals surface area contributed by atoms with Gasteiger partial charge in [0.15, 0.2) is 0 Å². The smallest absolute Gasteiger partial charge is 0.141 e. The monoisotopic (exact) mass is 287 g/mol. The molecule has 0 aliphatic rings. The van der Waals surface area contributed by atoms with Crippen LogP contribution < -0.4 is 0 Å². The summed E-state index contributed by atoms with van der Waals surface area (Å²) in [5.41, 5.74) is 4.31. The molecule has 0 aliphatic heterocycles. The van der Waals surface area contributed by atoms with Crippen LogP contribution in [0.4, 0.5) is 0 Å². The third-order valence-electron chi connectivity index (χ3n) is 3.80. The molecule has 0 spiro atoms. The van der Waals surface area contributed by atoms with Gasteiger partial charge in [0.25, 0.3) is 0 Å². The Labute approximate surface area is 130 Å². The number of nitrogens with zero attached hydrogens (tertiary/aromatic N) is 1. The van der Waals surface area contributed by atoms with Gasteiger partial charge in [0, 0.05) is 12.4 Å². The number of pyridine rings is 1. The van der Waals surface area contributed by atoms with Crippen LogP contribution in [-0.2, 0) is 4.79 Å². The number of hydrogen-bond acceptors (Lipinski definition) is 2. The molecule has 108 valence electrons. The maximum atomic E-state index is 12.1. The number of carbonyl (C=O) groups excluding carboxylic acids is 1. The first-order chi connectivity index (χ1) is 10.8. The summed E-state index contributed by atoms with van der Waals surface area (Å²) in [6.45, 7) is 1.65. The lowest BCUT2D eigenvalue weighted by atomic mass is 9.87. The number of ketones is 1. The van der Waals surface area contributed by atoms with E-state index >= 15 is 0 Å². The van der Waals surface area contributed by atoms with E-state index in [1.54, 1.807) is 19.3 Å². The molecule has 2 heteroatoms. The molecule has 1 unspecified atom stereocenters. The lowest BCUT2D eigenvalue weighted by Gasteiger charge is -2.15. The summed E-state index contributed by atoms with van der Waals surface area (Å²) in [4.78, 5) is 16.1. The molecule has 3 aromatic rings. The van der Waals surface area contributed by atoms with Gasteiger partial charge in [-0.2, -0.15) is 0 Å². The highest BCUT2D eigenvalue weighted by molar-refractivity contribution is 5.87. The van der Waals surface area contributed by atoms with Gasteiger partial charge in [-0.05, 0) is 41.3 Å². The predicted octanol–water partition coefficient (Wildman–Crippen LogP) is 4.47. The van der Waals surface area contributed by atoms with Crippen LogP contribution in [0, 0.1) is 0 Å². The molecule has 0 fully saturated rings. The summed E-state index contributed by atoms with van der Waals surface area (Å²) in [6, 6.07) is 22.1. The number of aromatic nitrogens is 1. The van der Waals surface area contributed by atoms with Crippen molar-refractivity contribution >= 4 is 5.78 Å². The summed E-state index contributed by atoms with van der Waals surface area (Å²) in [7, 11) is 0. The fourth-order valence-electron chi connectivity index (χ4n) is 2.72. The Balaban J connectivity index is 1.95. The van der Waals surface area contributed by atoms with Crippen LogP contribution in [0.1, 0.15) is 24.0 Å². The molecular formula is C20H17NO. The number of rotatable bonds is 4. The summed E-state index contributed by atoms with van der Waals surface area (Å²) in [6.07, 6.45) is 3.57. The number of benzene rings is 2. The highest BCUT2D eigenvalue weighted by Crippen LogP contribution is 2.28. The molecule has 1 aromatic heterocycles. The summed E-state index contributed by atoms with van der Waals surface area (Å²) >= 11 is 0. The van der Waals surface area contributed by atoms with Crippen molar-refractivity contribution in [3.8, 4) is 11.1 Å². The van der Waals surface area contributed by atoms with Crippen LogP contribution in [0.25, 0.3) is 11.1 Å². The van der Waals surface area contributed by atoms with Crippen LogP contribution in [0.2, 0.25) is 0 Å². The van der Waals surface area contributed by atoms with Crippen molar-refractivity contribution in [3.63, 3.8) is 0 Å². The van der Waals surface area contributed by atoms with Crippen molar-refractivity contribution in [1.29, 1.82) is 0 Å². The van der Waals surface area contributed by atoms with E-state index in [1.165, 1.54) is 0 Å². The van der Waals surface area contributed by atoms with Gasteiger partial charge < -0.3 is 0 Å². The molecule has 22 heavy (non-hydrogen) atoms. The van der Waals surface area contributed by atoms with Crippen molar-refractivity contribution in [1.82, 2.24) is 4.98 Å². The standard InChI is InChI=1S/C20H17NO/c1-15(22)20(18-5-3-2-4-6-18)19-9-7-16(8-10-19)17-11-13-21-14-12-17/h2-14,20H,1H3. The van der Waals surface area contributed by atoms with Crippen LogP contribution >= 0.6 is 0 Å². The van der Waals surface area contributed by atoms with E-state index in [1.807, 2.05) is 54.6 Å². The Hall–Kier alpha value is -2.74. The van der Waals surface area contributed by atoms with Crippen molar-refractivity contribution in [2.24, 2.45) is 0 Å². The molecule has 2 nitrogen and oxygen atoms in total. The van der Waals surface area contributed by atoms with Crippen LogP contribution in [0.5, 0.6) is 0 Å². The molecule has 3 rings (SSSR count). The second-order valence-corrected chi connectivity index (χ2v) is 5.31. The molecule has 0 bridgehead atoms. The van der Waals surface area contributed by atoms with Gasteiger partial charge in [-0.15, -0.1) is 0 Å². The van der Waals surface area contributed by atoms with Gasteiger partial charge in [-0.3, -0.25) is 9.78 Å². The van der Waals surface area contributed by atoms with E-state index < -0.39 is 0 Å². The zero-order valence-electron chi connectivity index (χ0n) is 12.4. The first kappa shape index (κ1) is 14.2. The molecule has 0 N–H and O–H groups in total. The first-order valence-electron chi connectivity index (χ1n) is 7.31. The van der Waals surface area contributed by atoms with E-state index in [0.29, 0.717) is 0 Å². The second kappa shape index (κ2) is 6.35. The first-order valence-corrected chi connectivity index (χ1v) is 7.31. The Morgan fingerprint density at radius 1 is 0.773 bits per heavy atom. The predicted molar refractivity (Wildman–Crippen MR) is 88.6 cm³/mol. The van der Waals surface area contributed by atoms with Crippen LogP contribution in [-0.4, -0.2) is 10.8 Å². The second-order valence-electron chi connectivity index (χ2n) is 5.31. The Morgan fingerprint density at radius 2 is 1.32 bits per heavy atom. The van der Waals surface area contributed by atoms with Crippen molar-refractivity contribution < 1.29 is 4.79 Å². The van der Waals surface area contributed by atoms with Gasteiger partial charge in [-0.1, -0.05) is 54.6 Å². The van der Waals surface area contributed by atoms with E-state index in [-0.39, 0.29) is 11.7 Å². The molecular weight excluding hydrogens is 270 g/mol. The summed E-state index contributed by atoms with van der Waals surface area (Å²) < 4.78 is 0. The minimum atomic E-state index is -0.201. The largest absolute Gasteiger partial charge is 0.299 e. The number of hydrogen-bond donors (Lipinski definition) is 0. The molecule has 0 saturated heterocycles. The minimum Gasteiger partial charge on any atom is -0.299 e. The van der Waals surface area contributed by atoms with Gasteiger partial charge in [0.05, 0.1) is 5.92 Å². The normalized spacial score (nSPS) is 11.9. The fourth-order valence-corrected chi connectivity index (χ4v) is 2.72. The topological polar surface area (TPSA) is 30.0 Å². The maximum absolute atomic E-state index is 12.1. The molecule has 0 saturated carbocycles. The highest BCUT2D eigenvalue weighted by Gasteiger charge is 2.18. The van der Waals surface area contributed by atoms with E-state index in [2.05, 4.69) is 17.1 Å².